The maximum atomic E-state index is 6.13. The molecule has 0 spiro atoms. The Balaban J connectivity index is 2.21. The summed E-state index contributed by atoms with van der Waals surface area (Å²) in [7, 11) is 1.72. The minimum absolute atomic E-state index is 0.111. The Labute approximate surface area is 96.5 Å². The molecule has 0 bridgehead atoms. The van der Waals surface area contributed by atoms with E-state index in [4.69, 9.17) is 15.2 Å². The summed E-state index contributed by atoms with van der Waals surface area (Å²) in [6.45, 7) is 1.52. The summed E-state index contributed by atoms with van der Waals surface area (Å²) in [5.74, 6) is 0.950. The molecule has 3 heteroatoms. The van der Waals surface area contributed by atoms with Crippen LogP contribution in [0.2, 0.25) is 0 Å². The van der Waals surface area contributed by atoms with Crippen molar-refractivity contribution < 1.29 is 9.47 Å². The van der Waals surface area contributed by atoms with Crippen molar-refractivity contribution in [1.29, 1.82) is 0 Å². The molecule has 88 valence electrons. The van der Waals surface area contributed by atoms with Crippen molar-refractivity contribution in [2.24, 2.45) is 5.73 Å². The van der Waals surface area contributed by atoms with Gasteiger partial charge in [0.2, 0.25) is 0 Å². The summed E-state index contributed by atoms with van der Waals surface area (Å²) in [6, 6.07) is 6.39. The minimum atomic E-state index is 0.111. The lowest BCUT2D eigenvalue weighted by molar-refractivity contribution is 0.202. The van der Waals surface area contributed by atoms with Crippen LogP contribution in [-0.2, 0) is 11.2 Å². The molecule has 0 aromatic heterocycles. The molecule has 2 N–H and O–H groups in total. The number of benzene rings is 1. The second-order valence-corrected chi connectivity index (χ2v) is 4.21. The molecule has 1 aromatic carbocycles. The molecular formula is C13H19NO2. The van der Waals surface area contributed by atoms with Gasteiger partial charge in [-0.1, -0.05) is 12.1 Å². The SMILES string of the molecule is COCCc1ccc2c(c1)[C@@H](N)CCCO2. The number of fused-ring (bicyclic) bond motifs is 1. The van der Waals surface area contributed by atoms with E-state index in [0.29, 0.717) is 0 Å². The third kappa shape index (κ3) is 2.54. The fourth-order valence-corrected chi connectivity index (χ4v) is 2.04. The van der Waals surface area contributed by atoms with E-state index < -0.39 is 0 Å². The molecule has 0 fully saturated rings. The van der Waals surface area contributed by atoms with Gasteiger partial charge < -0.3 is 15.2 Å². The van der Waals surface area contributed by atoms with Gasteiger partial charge >= 0.3 is 0 Å². The van der Waals surface area contributed by atoms with Crippen LogP contribution in [0.15, 0.2) is 18.2 Å². The van der Waals surface area contributed by atoms with Crippen LogP contribution in [0.1, 0.15) is 30.0 Å². The average molecular weight is 221 g/mol. The molecule has 0 saturated heterocycles. The highest BCUT2D eigenvalue weighted by Crippen LogP contribution is 2.30. The fraction of sp³-hybridized carbons (Fsp3) is 0.538. The van der Waals surface area contributed by atoms with Gasteiger partial charge in [-0.05, 0) is 30.9 Å². The predicted octanol–water partition coefficient (Wildman–Crippen LogP) is 2.05. The Hall–Kier alpha value is -1.06. The van der Waals surface area contributed by atoms with Crippen molar-refractivity contribution in [2.45, 2.75) is 25.3 Å². The van der Waals surface area contributed by atoms with Crippen molar-refractivity contribution >= 4 is 0 Å². The first-order valence-corrected chi connectivity index (χ1v) is 5.81. The van der Waals surface area contributed by atoms with Crippen molar-refractivity contribution in [3.8, 4) is 5.75 Å². The van der Waals surface area contributed by atoms with Crippen molar-refractivity contribution in [3.63, 3.8) is 0 Å². The highest BCUT2D eigenvalue weighted by atomic mass is 16.5. The lowest BCUT2D eigenvalue weighted by atomic mass is 9.99. The maximum absolute atomic E-state index is 6.13. The number of rotatable bonds is 3. The molecule has 2 rings (SSSR count). The van der Waals surface area contributed by atoms with Crippen molar-refractivity contribution in [2.75, 3.05) is 20.3 Å². The Morgan fingerprint density at radius 1 is 1.50 bits per heavy atom. The van der Waals surface area contributed by atoms with Gasteiger partial charge in [0.25, 0.3) is 0 Å². The quantitative estimate of drug-likeness (QED) is 0.849. The van der Waals surface area contributed by atoms with Crippen LogP contribution in [0.4, 0.5) is 0 Å². The highest BCUT2D eigenvalue weighted by molar-refractivity contribution is 5.40. The van der Waals surface area contributed by atoms with Crippen LogP contribution in [-0.4, -0.2) is 20.3 Å². The average Bonchev–Trinajstić information content (AvgIpc) is 2.49. The number of hydrogen-bond acceptors (Lipinski definition) is 3. The summed E-state index contributed by atoms with van der Waals surface area (Å²) >= 11 is 0. The molecule has 1 heterocycles. The summed E-state index contributed by atoms with van der Waals surface area (Å²) in [5, 5.41) is 0. The summed E-state index contributed by atoms with van der Waals surface area (Å²) in [4.78, 5) is 0. The monoisotopic (exact) mass is 221 g/mol. The topological polar surface area (TPSA) is 44.5 Å². The van der Waals surface area contributed by atoms with E-state index in [2.05, 4.69) is 12.1 Å². The smallest absolute Gasteiger partial charge is 0.124 e. The Bertz CT molecular complexity index is 352. The summed E-state index contributed by atoms with van der Waals surface area (Å²) in [6.07, 6.45) is 2.96. The van der Waals surface area contributed by atoms with Crippen LogP contribution in [0.3, 0.4) is 0 Å². The van der Waals surface area contributed by atoms with Gasteiger partial charge in [-0.15, -0.1) is 0 Å². The maximum Gasteiger partial charge on any atom is 0.124 e. The normalized spacial score (nSPS) is 19.8. The van der Waals surface area contributed by atoms with Crippen molar-refractivity contribution in [3.05, 3.63) is 29.3 Å². The fourth-order valence-electron chi connectivity index (χ4n) is 2.04. The first kappa shape index (κ1) is 11.4. The first-order valence-electron chi connectivity index (χ1n) is 5.81. The van der Waals surface area contributed by atoms with Crippen LogP contribution < -0.4 is 10.5 Å². The molecule has 0 saturated carbocycles. The number of methoxy groups -OCH3 is 1. The van der Waals surface area contributed by atoms with E-state index in [9.17, 15) is 0 Å². The molecule has 3 nitrogen and oxygen atoms in total. The summed E-state index contributed by atoms with van der Waals surface area (Å²) in [5.41, 5.74) is 8.54. The minimum Gasteiger partial charge on any atom is -0.493 e. The third-order valence-electron chi connectivity index (χ3n) is 2.99. The van der Waals surface area contributed by atoms with Crippen LogP contribution in [0.5, 0.6) is 5.75 Å². The van der Waals surface area contributed by atoms with E-state index in [1.54, 1.807) is 7.11 Å². The molecule has 16 heavy (non-hydrogen) atoms. The Morgan fingerprint density at radius 2 is 2.38 bits per heavy atom. The predicted molar refractivity (Wildman–Crippen MR) is 63.7 cm³/mol. The molecule has 0 unspecified atom stereocenters. The molecule has 0 radical (unpaired) electrons. The molecule has 0 aliphatic carbocycles. The van der Waals surface area contributed by atoms with E-state index in [1.807, 2.05) is 6.07 Å². The molecular weight excluding hydrogens is 202 g/mol. The lowest BCUT2D eigenvalue weighted by Gasteiger charge is -2.13. The van der Waals surface area contributed by atoms with E-state index in [1.165, 1.54) is 5.56 Å². The van der Waals surface area contributed by atoms with Gasteiger partial charge in [-0.3, -0.25) is 0 Å². The zero-order valence-electron chi connectivity index (χ0n) is 9.74. The van der Waals surface area contributed by atoms with Gasteiger partial charge in [-0.2, -0.15) is 0 Å². The zero-order chi connectivity index (χ0) is 11.4. The van der Waals surface area contributed by atoms with Crippen LogP contribution in [0.25, 0.3) is 0 Å². The molecule has 1 aromatic rings. The molecule has 1 aliphatic heterocycles. The van der Waals surface area contributed by atoms with E-state index in [-0.39, 0.29) is 6.04 Å². The van der Waals surface area contributed by atoms with Crippen LogP contribution >= 0.6 is 0 Å². The van der Waals surface area contributed by atoms with Gasteiger partial charge in [0.05, 0.1) is 13.2 Å². The second kappa shape index (κ2) is 5.32. The Morgan fingerprint density at radius 3 is 3.19 bits per heavy atom. The number of ether oxygens (including phenoxy) is 2. The van der Waals surface area contributed by atoms with Gasteiger partial charge in [0.1, 0.15) is 5.75 Å². The standard InChI is InChI=1S/C13H19NO2/c1-15-8-6-10-4-5-13-11(9-10)12(14)3-2-7-16-13/h4-5,9,12H,2-3,6-8,14H2,1H3/t12-/m0/s1. The van der Waals surface area contributed by atoms with Gasteiger partial charge in [0.15, 0.2) is 0 Å². The number of hydrogen-bond donors (Lipinski definition) is 1. The second-order valence-electron chi connectivity index (χ2n) is 4.21. The Kier molecular flexibility index (Phi) is 3.80. The van der Waals surface area contributed by atoms with Gasteiger partial charge in [0, 0.05) is 18.7 Å². The van der Waals surface area contributed by atoms with Gasteiger partial charge in [-0.25, -0.2) is 0 Å². The first-order chi connectivity index (χ1) is 7.81. The van der Waals surface area contributed by atoms with Crippen molar-refractivity contribution in [1.82, 2.24) is 0 Å². The third-order valence-corrected chi connectivity index (χ3v) is 2.99. The molecule has 1 aliphatic rings. The number of nitrogens with two attached hydrogens (primary N) is 1. The van der Waals surface area contributed by atoms with Crippen LogP contribution in [0, 0.1) is 0 Å². The summed E-state index contributed by atoms with van der Waals surface area (Å²) < 4.78 is 10.7. The largest absolute Gasteiger partial charge is 0.493 e. The highest BCUT2D eigenvalue weighted by Gasteiger charge is 2.16. The van der Waals surface area contributed by atoms with E-state index in [0.717, 1.165) is 43.8 Å². The zero-order valence-corrected chi connectivity index (χ0v) is 9.74. The van der Waals surface area contributed by atoms with E-state index >= 15 is 0 Å². The molecule has 1 atom stereocenters. The molecule has 0 amide bonds. The lowest BCUT2D eigenvalue weighted by Crippen LogP contribution is -2.09.